The van der Waals surface area contributed by atoms with Crippen molar-refractivity contribution in [2.24, 2.45) is 10.7 Å². The molecule has 1 aliphatic rings. The van der Waals surface area contributed by atoms with E-state index in [9.17, 15) is 4.79 Å². The van der Waals surface area contributed by atoms with Gasteiger partial charge in [0.05, 0.1) is 11.6 Å². The van der Waals surface area contributed by atoms with Gasteiger partial charge in [0.25, 0.3) is 5.91 Å². The van der Waals surface area contributed by atoms with E-state index in [0.717, 1.165) is 11.1 Å². The van der Waals surface area contributed by atoms with Gasteiger partial charge in [0, 0.05) is 42.3 Å². The van der Waals surface area contributed by atoms with Crippen molar-refractivity contribution in [1.82, 2.24) is 16.0 Å². The lowest BCUT2D eigenvalue weighted by molar-refractivity contribution is -0.117. The number of allylic oxidation sites excluding steroid dienone is 1. The van der Waals surface area contributed by atoms with Gasteiger partial charge in [-0.1, -0.05) is 23.7 Å². The minimum Gasteiger partial charge on any atom is -0.404 e. The summed E-state index contributed by atoms with van der Waals surface area (Å²) in [5, 5.41) is 10.0. The van der Waals surface area contributed by atoms with E-state index in [4.69, 9.17) is 29.6 Å². The van der Waals surface area contributed by atoms with Crippen molar-refractivity contribution in [3.05, 3.63) is 57.4 Å². The predicted molar refractivity (Wildman–Crippen MR) is 110 cm³/mol. The first-order chi connectivity index (χ1) is 12.4. The maximum Gasteiger partial charge on any atom is 0.251 e. The zero-order valence-electron chi connectivity index (χ0n) is 14.9. The minimum atomic E-state index is -0.443. The van der Waals surface area contributed by atoms with Crippen LogP contribution in [-0.4, -0.2) is 30.8 Å². The van der Waals surface area contributed by atoms with Crippen molar-refractivity contribution >= 4 is 41.1 Å². The highest BCUT2D eigenvalue weighted by atomic mass is 35.5. The molecule has 0 bridgehead atoms. The predicted octanol–water partition coefficient (Wildman–Crippen LogP) is 2.10. The molecule has 0 spiro atoms. The zero-order chi connectivity index (χ0) is 19.3. The van der Waals surface area contributed by atoms with Crippen LogP contribution in [0, 0.1) is 6.92 Å². The van der Waals surface area contributed by atoms with Gasteiger partial charge in [-0.2, -0.15) is 0 Å². The fraction of sp³-hybridized carbons (Fsp3) is 0.278. The number of nitrogens with zero attached hydrogens (tertiary/aromatic N) is 1. The Bertz CT molecular complexity index is 816. The Hall–Kier alpha value is -2.38. The van der Waals surface area contributed by atoms with Gasteiger partial charge < -0.3 is 21.7 Å². The maximum absolute atomic E-state index is 12.9. The molecule has 1 heterocycles. The molecule has 0 fully saturated rings. The number of halogens is 1. The van der Waals surface area contributed by atoms with Crippen molar-refractivity contribution in [3.63, 3.8) is 0 Å². The fourth-order valence-corrected chi connectivity index (χ4v) is 3.30. The van der Waals surface area contributed by atoms with Crippen molar-refractivity contribution in [2.45, 2.75) is 19.9 Å². The quantitative estimate of drug-likeness (QED) is 0.455. The Kier molecular flexibility index (Phi) is 6.76. The Balaban J connectivity index is 2.33. The van der Waals surface area contributed by atoms with E-state index in [-0.39, 0.29) is 12.5 Å². The van der Waals surface area contributed by atoms with Crippen molar-refractivity contribution < 1.29 is 4.79 Å². The molecule has 138 valence electrons. The van der Waals surface area contributed by atoms with Crippen LogP contribution in [0.4, 0.5) is 0 Å². The highest BCUT2D eigenvalue weighted by molar-refractivity contribution is 7.80. The van der Waals surface area contributed by atoms with Crippen LogP contribution in [0.5, 0.6) is 0 Å². The summed E-state index contributed by atoms with van der Waals surface area (Å²) in [7, 11) is 1.64. The summed E-state index contributed by atoms with van der Waals surface area (Å²) in [5.41, 5.74) is 9.28. The monoisotopic (exact) mass is 391 g/mol. The van der Waals surface area contributed by atoms with E-state index < -0.39 is 6.04 Å². The fourth-order valence-electron chi connectivity index (χ4n) is 2.69. The summed E-state index contributed by atoms with van der Waals surface area (Å²) >= 11 is 11.7. The number of nitrogens with one attached hydrogen (secondary N) is 3. The van der Waals surface area contributed by atoms with Gasteiger partial charge in [0.15, 0.2) is 5.11 Å². The first kappa shape index (κ1) is 19.9. The minimum absolute atomic E-state index is 0.240. The van der Waals surface area contributed by atoms with Gasteiger partial charge in [-0.3, -0.25) is 9.79 Å². The molecule has 1 aliphatic heterocycles. The summed E-state index contributed by atoms with van der Waals surface area (Å²) < 4.78 is 0. The van der Waals surface area contributed by atoms with Gasteiger partial charge in [-0.05, 0) is 43.3 Å². The second kappa shape index (κ2) is 8.82. The number of nitrogens with two attached hydrogens (primary N) is 1. The van der Waals surface area contributed by atoms with Gasteiger partial charge >= 0.3 is 0 Å². The van der Waals surface area contributed by atoms with E-state index in [1.165, 1.54) is 6.20 Å². The molecule has 1 unspecified atom stereocenters. The van der Waals surface area contributed by atoms with Crippen LogP contribution in [0.25, 0.3) is 0 Å². The first-order valence-corrected chi connectivity index (χ1v) is 8.81. The van der Waals surface area contributed by atoms with Crippen molar-refractivity contribution in [2.75, 3.05) is 13.6 Å². The first-order valence-electron chi connectivity index (χ1n) is 8.02. The molecule has 5 N–H and O–H groups in total. The number of benzene rings is 1. The molecule has 0 aromatic heterocycles. The Morgan fingerprint density at radius 1 is 1.46 bits per heavy atom. The molecule has 8 heteroatoms. The van der Waals surface area contributed by atoms with Crippen molar-refractivity contribution in [3.8, 4) is 0 Å². The summed E-state index contributed by atoms with van der Waals surface area (Å²) in [6, 6.07) is 5.27. The highest BCUT2D eigenvalue weighted by Crippen LogP contribution is 2.32. The number of thiocarbonyl (C=S) groups is 1. The van der Waals surface area contributed by atoms with Crippen LogP contribution in [-0.2, 0) is 4.79 Å². The van der Waals surface area contributed by atoms with Gasteiger partial charge in [0.1, 0.15) is 0 Å². The molecule has 0 saturated carbocycles. The summed E-state index contributed by atoms with van der Waals surface area (Å²) in [6.07, 6.45) is 3.01. The Labute approximate surface area is 163 Å². The molecule has 6 nitrogen and oxygen atoms in total. The number of aryl methyl sites for hydroxylation is 1. The number of carbonyl (C=O) groups excluding carboxylic acids is 1. The topological polar surface area (TPSA) is 91.5 Å². The lowest BCUT2D eigenvalue weighted by atomic mass is 9.94. The lowest BCUT2D eigenvalue weighted by Gasteiger charge is -2.31. The third-order valence-corrected chi connectivity index (χ3v) is 4.49. The average molecular weight is 392 g/mol. The molecule has 1 aromatic rings. The number of amides is 1. The van der Waals surface area contributed by atoms with Crippen LogP contribution in [0.15, 0.2) is 46.2 Å². The number of rotatable bonds is 5. The van der Waals surface area contributed by atoms with Crippen LogP contribution >= 0.6 is 23.8 Å². The van der Waals surface area contributed by atoms with Crippen LogP contribution in [0.2, 0.25) is 5.02 Å². The Morgan fingerprint density at radius 2 is 2.19 bits per heavy atom. The molecule has 0 aliphatic carbocycles. The molecule has 26 heavy (non-hydrogen) atoms. The van der Waals surface area contributed by atoms with Crippen LogP contribution < -0.4 is 21.7 Å². The third-order valence-electron chi connectivity index (χ3n) is 3.94. The highest BCUT2D eigenvalue weighted by Gasteiger charge is 2.31. The lowest BCUT2D eigenvalue weighted by Crippen LogP contribution is -2.47. The molecule has 1 amide bonds. The second-order valence-corrected chi connectivity index (χ2v) is 6.72. The Morgan fingerprint density at radius 3 is 2.81 bits per heavy atom. The molecular formula is C18H22ClN5OS. The SMILES string of the molecule is CN=CC(=CN)CNC(=O)C1=C(C)NC(=S)NC1c1ccc(C)cc1Cl. The summed E-state index contributed by atoms with van der Waals surface area (Å²) in [4.78, 5) is 16.8. The molecular weight excluding hydrogens is 370 g/mol. The third kappa shape index (κ3) is 4.62. The summed E-state index contributed by atoms with van der Waals surface area (Å²) in [6.45, 7) is 4.04. The zero-order valence-corrected chi connectivity index (χ0v) is 16.5. The van der Waals surface area contributed by atoms with E-state index >= 15 is 0 Å². The van der Waals surface area contributed by atoms with Gasteiger partial charge in [-0.25, -0.2) is 0 Å². The number of hydrogen-bond donors (Lipinski definition) is 4. The van der Waals surface area contributed by atoms with Crippen LogP contribution in [0.3, 0.4) is 0 Å². The second-order valence-electron chi connectivity index (χ2n) is 5.91. The molecule has 1 atom stereocenters. The smallest absolute Gasteiger partial charge is 0.251 e. The number of hydrogen-bond acceptors (Lipinski definition) is 4. The maximum atomic E-state index is 12.9. The molecule has 0 saturated heterocycles. The normalized spacial score (nSPS) is 17.9. The van der Waals surface area contributed by atoms with E-state index in [1.54, 1.807) is 13.3 Å². The van der Waals surface area contributed by atoms with E-state index in [1.807, 2.05) is 32.0 Å². The largest absolute Gasteiger partial charge is 0.404 e. The van der Waals surface area contributed by atoms with E-state index in [2.05, 4.69) is 20.9 Å². The van der Waals surface area contributed by atoms with E-state index in [0.29, 0.717) is 27.0 Å². The molecule has 2 rings (SSSR count). The number of carbonyl (C=O) groups is 1. The van der Waals surface area contributed by atoms with Crippen molar-refractivity contribution in [1.29, 1.82) is 0 Å². The van der Waals surface area contributed by atoms with Gasteiger partial charge in [0.2, 0.25) is 0 Å². The molecule has 0 radical (unpaired) electrons. The molecule has 1 aromatic carbocycles. The van der Waals surface area contributed by atoms with Crippen LogP contribution in [0.1, 0.15) is 24.1 Å². The summed E-state index contributed by atoms with van der Waals surface area (Å²) in [5.74, 6) is -0.240. The average Bonchev–Trinajstić information content (AvgIpc) is 2.57. The van der Waals surface area contributed by atoms with Gasteiger partial charge in [-0.15, -0.1) is 0 Å². The standard InChI is InChI=1S/C18H22ClN5OS/c1-10-4-5-13(14(19)6-10)16-15(11(2)23-18(26)24-16)17(25)22-9-12(7-20)8-21-3/h4-8,16H,9,20H2,1-3H3,(H,22,25)(H2,23,24,26). The number of aliphatic imine (C=N–C) groups is 1.